The van der Waals surface area contributed by atoms with Crippen molar-refractivity contribution < 1.29 is 4.79 Å². The Bertz CT molecular complexity index is 1100. The molecule has 1 N–H and O–H groups in total. The number of rotatable bonds is 4. The summed E-state index contributed by atoms with van der Waals surface area (Å²) < 4.78 is 1.08. The number of para-hydroxylation sites is 1. The van der Waals surface area contributed by atoms with E-state index in [1.807, 2.05) is 66.7 Å². The third-order valence-electron chi connectivity index (χ3n) is 4.01. The van der Waals surface area contributed by atoms with Crippen LogP contribution in [-0.2, 0) is 4.79 Å². The third kappa shape index (κ3) is 3.92. The van der Waals surface area contributed by atoms with Gasteiger partial charge in [0.25, 0.3) is 0 Å². The number of anilines is 1. The van der Waals surface area contributed by atoms with Crippen molar-refractivity contribution in [3.63, 3.8) is 0 Å². The van der Waals surface area contributed by atoms with Gasteiger partial charge in [-0.05, 0) is 35.9 Å². The van der Waals surface area contributed by atoms with Gasteiger partial charge in [0.2, 0.25) is 5.91 Å². The Balaban J connectivity index is 1.65. The first-order valence-corrected chi connectivity index (χ1v) is 9.59. The standard InChI is InChI=1S/C22H15ClN2OS/c23-16-9-6-11-18(24-20(26)14-13-15-7-2-1-3-8-15)21(16)22-25-17-10-4-5-12-19(17)27-22/h1-14H,(H,24,26). The highest BCUT2D eigenvalue weighted by Crippen LogP contribution is 2.39. The van der Waals surface area contributed by atoms with Crippen molar-refractivity contribution in [2.45, 2.75) is 0 Å². The number of nitrogens with zero attached hydrogens (tertiary/aromatic N) is 1. The van der Waals surface area contributed by atoms with Gasteiger partial charge < -0.3 is 5.32 Å². The van der Waals surface area contributed by atoms with E-state index >= 15 is 0 Å². The molecule has 132 valence electrons. The predicted molar refractivity (Wildman–Crippen MR) is 114 cm³/mol. The van der Waals surface area contributed by atoms with Gasteiger partial charge in [-0.1, -0.05) is 60.1 Å². The number of aromatic nitrogens is 1. The van der Waals surface area contributed by atoms with Crippen LogP contribution in [0.15, 0.2) is 78.9 Å². The number of nitrogens with one attached hydrogen (secondary N) is 1. The molecule has 4 aromatic rings. The molecule has 0 saturated heterocycles. The fourth-order valence-electron chi connectivity index (χ4n) is 2.74. The minimum Gasteiger partial charge on any atom is -0.322 e. The molecule has 3 aromatic carbocycles. The van der Waals surface area contributed by atoms with Crippen molar-refractivity contribution >= 4 is 50.8 Å². The maximum absolute atomic E-state index is 12.4. The summed E-state index contributed by atoms with van der Waals surface area (Å²) in [6.07, 6.45) is 3.29. The van der Waals surface area contributed by atoms with Gasteiger partial charge in [-0.25, -0.2) is 4.98 Å². The van der Waals surface area contributed by atoms with Gasteiger partial charge in [0.05, 0.1) is 26.5 Å². The lowest BCUT2D eigenvalue weighted by Crippen LogP contribution is -2.08. The summed E-state index contributed by atoms with van der Waals surface area (Å²) in [5, 5.41) is 4.26. The van der Waals surface area contributed by atoms with Crippen LogP contribution in [0.2, 0.25) is 5.02 Å². The Kier molecular flexibility index (Phi) is 5.01. The molecule has 0 fully saturated rings. The van der Waals surface area contributed by atoms with E-state index in [1.54, 1.807) is 23.5 Å². The fourth-order valence-corrected chi connectivity index (χ4v) is 4.09. The Hall–Kier alpha value is -2.95. The van der Waals surface area contributed by atoms with E-state index in [-0.39, 0.29) is 5.91 Å². The highest BCUT2D eigenvalue weighted by atomic mass is 35.5. The molecule has 0 atom stereocenters. The first kappa shape index (κ1) is 17.5. The molecule has 0 saturated carbocycles. The lowest BCUT2D eigenvalue weighted by molar-refractivity contribution is -0.111. The van der Waals surface area contributed by atoms with Crippen molar-refractivity contribution in [1.29, 1.82) is 0 Å². The largest absolute Gasteiger partial charge is 0.322 e. The summed E-state index contributed by atoms with van der Waals surface area (Å²) in [5.74, 6) is -0.219. The second-order valence-electron chi connectivity index (χ2n) is 5.88. The average Bonchev–Trinajstić information content (AvgIpc) is 3.11. The molecule has 1 heterocycles. The monoisotopic (exact) mass is 390 g/mol. The highest BCUT2D eigenvalue weighted by molar-refractivity contribution is 7.21. The molecule has 0 spiro atoms. The second kappa shape index (κ2) is 7.74. The van der Waals surface area contributed by atoms with Crippen molar-refractivity contribution in [2.75, 3.05) is 5.32 Å². The summed E-state index contributed by atoms with van der Waals surface area (Å²) in [5.41, 5.74) is 3.26. The van der Waals surface area contributed by atoms with Crippen molar-refractivity contribution in [2.24, 2.45) is 0 Å². The highest BCUT2D eigenvalue weighted by Gasteiger charge is 2.15. The third-order valence-corrected chi connectivity index (χ3v) is 5.37. The van der Waals surface area contributed by atoms with E-state index in [2.05, 4.69) is 10.3 Å². The van der Waals surface area contributed by atoms with Crippen molar-refractivity contribution in [1.82, 2.24) is 4.98 Å². The summed E-state index contributed by atoms with van der Waals surface area (Å²) in [6.45, 7) is 0. The van der Waals surface area contributed by atoms with Crippen LogP contribution in [0.3, 0.4) is 0 Å². The summed E-state index contributed by atoms with van der Waals surface area (Å²) in [4.78, 5) is 17.1. The van der Waals surface area contributed by atoms with E-state index in [0.717, 1.165) is 26.4 Å². The quantitative estimate of drug-likeness (QED) is 0.417. The van der Waals surface area contributed by atoms with Crippen molar-refractivity contribution in [3.05, 3.63) is 89.5 Å². The normalized spacial score (nSPS) is 11.1. The molecule has 1 aromatic heterocycles. The molecular formula is C22H15ClN2OS. The Morgan fingerprint density at radius 1 is 0.963 bits per heavy atom. The van der Waals surface area contributed by atoms with Crippen LogP contribution in [0.1, 0.15) is 5.56 Å². The zero-order valence-electron chi connectivity index (χ0n) is 14.2. The van der Waals surface area contributed by atoms with Gasteiger partial charge in [-0.15, -0.1) is 11.3 Å². The number of carbonyl (C=O) groups is 1. The van der Waals surface area contributed by atoms with Crippen LogP contribution in [-0.4, -0.2) is 10.9 Å². The number of amides is 1. The van der Waals surface area contributed by atoms with Crippen molar-refractivity contribution in [3.8, 4) is 10.6 Å². The van der Waals surface area contributed by atoms with Gasteiger partial charge >= 0.3 is 0 Å². The number of fused-ring (bicyclic) bond motifs is 1. The first-order valence-electron chi connectivity index (χ1n) is 8.39. The summed E-state index contributed by atoms with van der Waals surface area (Å²) in [7, 11) is 0. The van der Waals surface area contributed by atoms with Gasteiger partial charge in [0.1, 0.15) is 5.01 Å². The zero-order valence-corrected chi connectivity index (χ0v) is 15.8. The SMILES string of the molecule is O=C(C=Cc1ccccc1)Nc1cccc(Cl)c1-c1nc2ccccc2s1. The Morgan fingerprint density at radius 2 is 1.74 bits per heavy atom. The minimum atomic E-state index is -0.219. The predicted octanol–water partition coefficient (Wildman–Crippen LogP) is 6.27. The molecule has 0 unspecified atom stereocenters. The number of thiazole rings is 1. The van der Waals surface area contributed by atoms with Gasteiger partial charge in [0, 0.05) is 6.08 Å². The molecule has 3 nitrogen and oxygen atoms in total. The topological polar surface area (TPSA) is 42.0 Å². The van der Waals surface area contributed by atoms with Gasteiger partial charge in [-0.2, -0.15) is 0 Å². The van der Waals surface area contributed by atoms with E-state index in [0.29, 0.717) is 10.7 Å². The van der Waals surface area contributed by atoms with Gasteiger partial charge in [0.15, 0.2) is 0 Å². The Morgan fingerprint density at radius 3 is 2.56 bits per heavy atom. The molecule has 27 heavy (non-hydrogen) atoms. The molecule has 0 aliphatic carbocycles. The number of hydrogen-bond acceptors (Lipinski definition) is 3. The van der Waals surface area contributed by atoms with E-state index in [9.17, 15) is 4.79 Å². The van der Waals surface area contributed by atoms with Crippen LogP contribution in [0.5, 0.6) is 0 Å². The summed E-state index contributed by atoms with van der Waals surface area (Å²) >= 11 is 8.00. The van der Waals surface area contributed by atoms with Crippen LogP contribution in [0, 0.1) is 0 Å². The number of hydrogen-bond donors (Lipinski definition) is 1. The summed E-state index contributed by atoms with van der Waals surface area (Å²) in [6, 6.07) is 23.1. The minimum absolute atomic E-state index is 0.219. The maximum Gasteiger partial charge on any atom is 0.248 e. The lowest BCUT2D eigenvalue weighted by atomic mass is 10.1. The first-order chi connectivity index (χ1) is 13.2. The molecular weight excluding hydrogens is 376 g/mol. The number of benzene rings is 3. The molecule has 0 radical (unpaired) electrons. The van der Waals surface area contributed by atoms with E-state index < -0.39 is 0 Å². The van der Waals surface area contributed by atoms with E-state index in [4.69, 9.17) is 11.6 Å². The maximum atomic E-state index is 12.4. The fraction of sp³-hybridized carbons (Fsp3) is 0. The average molecular weight is 391 g/mol. The Labute approximate surface area is 166 Å². The second-order valence-corrected chi connectivity index (χ2v) is 7.32. The zero-order chi connectivity index (χ0) is 18.6. The smallest absolute Gasteiger partial charge is 0.248 e. The molecule has 0 aliphatic heterocycles. The number of halogens is 1. The van der Waals surface area contributed by atoms with Crippen LogP contribution >= 0.6 is 22.9 Å². The molecule has 5 heteroatoms. The lowest BCUT2D eigenvalue weighted by Gasteiger charge is -2.09. The van der Waals surface area contributed by atoms with Crippen LogP contribution in [0.4, 0.5) is 5.69 Å². The van der Waals surface area contributed by atoms with E-state index in [1.165, 1.54) is 6.08 Å². The molecule has 0 aliphatic rings. The molecule has 1 amide bonds. The molecule has 0 bridgehead atoms. The van der Waals surface area contributed by atoms with Crippen LogP contribution < -0.4 is 5.32 Å². The van der Waals surface area contributed by atoms with Crippen LogP contribution in [0.25, 0.3) is 26.9 Å². The molecule has 4 rings (SSSR count). The van der Waals surface area contributed by atoms with Gasteiger partial charge in [-0.3, -0.25) is 4.79 Å². The number of carbonyl (C=O) groups excluding carboxylic acids is 1.